The SMILES string of the molecule is CC(=O)Oc1ccc(C(C)(C)c2ccc(OC(=O)Oc3ccc(C(C)(C)C)cc3)c(C)c2)cc1C. The average Bonchev–Trinajstić information content (AvgIpc) is 2.76. The number of benzene rings is 3. The molecule has 0 bridgehead atoms. The summed E-state index contributed by atoms with van der Waals surface area (Å²) >= 11 is 0. The van der Waals surface area contributed by atoms with Gasteiger partial charge in [0.05, 0.1) is 0 Å². The Labute approximate surface area is 208 Å². The molecule has 0 saturated heterocycles. The number of hydrogen-bond acceptors (Lipinski definition) is 5. The van der Waals surface area contributed by atoms with Crippen LogP contribution in [0.1, 0.15) is 69.4 Å². The van der Waals surface area contributed by atoms with Gasteiger partial charge in [0.25, 0.3) is 0 Å². The summed E-state index contributed by atoms with van der Waals surface area (Å²) in [7, 11) is 0. The van der Waals surface area contributed by atoms with Gasteiger partial charge in [-0.1, -0.05) is 71.0 Å². The van der Waals surface area contributed by atoms with Crippen LogP contribution in [-0.2, 0) is 15.6 Å². The van der Waals surface area contributed by atoms with Crippen LogP contribution in [0.25, 0.3) is 0 Å². The highest BCUT2D eigenvalue weighted by Gasteiger charge is 2.25. The first-order chi connectivity index (χ1) is 16.3. The van der Waals surface area contributed by atoms with Gasteiger partial charge in [-0.3, -0.25) is 4.79 Å². The maximum atomic E-state index is 12.4. The van der Waals surface area contributed by atoms with E-state index in [1.54, 1.807) is 18.2 Å². The Morgan fingerprint density at radius 3 is 1.51 bits per heavy atom. The zero-order valence-electron chi connectivity index (χ0n) is 21.8. The van der Waals surface area contributed by atoms with E-state index in [0.717, 1.165) is 27.8 Å². The predicted molar refractivity (Wildman–Crippen MR) is 138 cm³/mol. The Hall–Kier alpha value is -3.60. The van der Waals surface area contributed by atoms with E-state index < -0.39 is 6.16 Å². The fourth-order valence-corrected chi connectivity index (χ4v) is 3.86. The molecule has 0 aliphatic rings. The van der Waals surface area contributed by atoms with Crippen molar-refractivity contribution >= 4 is 12.1 Å². The fourth-order valence-electron chi connectivity index (χ4n) is 3.86. The van der Waals surface area contributed by atoms with Gasteiger partial charge < -0.3 is 14.2 Å². The van der Waals surface area contributed by atoms with Crippen LogP contribution >= 0.6 is 0 Å². The van der Waals surface area contributed by atoms with Crippen LogP contribution in [0.15, 0.2) is 60.7 Å². The number of aryl methyl sites for hydroxylation is 2. The third-order valence-corrected chi connectivity index (χ3v) is 6.16. The van der Waals surface area contributed by atoms with E-state index in [2.05, 4.69) is 34.6 Å². The van der Waals surface area contributed by atoms with Crippen LogP contribution in [0.4, 0.5) is 4.79 Å². The van der Waals surface area contributed by atoms with Crippen molar-refractivity contribution in [3.8, 4) is 17.2 Å². The van der Waals surface area contributed by atoms with Gasteiger partial charge in [0.15, 0.2) is 0 Å². The minimum Gasteiger partial charge on any atom is -0.426 e. The van der Waals surface area contributed by atoms with Crippen LogP contribution in [0, 0.1) is 13.8 Å². The minimum atomic E-state index is -0.777. The molecule has 3 aromatic rings. The molecule has 0 aliphatic heterocycles. The van der Waals surface area contributed by atoms with Crippen molar-refractivity contribution in [2.45, 2.75) is 66.2 Å². The van der Waals surface area contributed by atoms with Crippen LogP contribution < -0.4 is 14.2 Å². The molecule has 0 radical (unpaired) electrons. The first-order valence-corrected chi connectivity index (χ1v) is 11.7. The molecule has 0 heterocycles. The van der Waals surface area contributed by atoms with Gasteiger partial charge in [0.2, 0.25) is 0 Å². The van der Waals surface area contributed by atoms with E-state index in [9.17, 15) is 9.59 Å². The molecule has 184 valence electrons. The maximum Gasteiger partial charge on any atom is 0.519 e. The molecule has 5 nitrogen and oxygen atoms in total. The Kier molecular flexibility index (Phi) is 7.39. The second-order valence-corrected chi connectivity index (χ2v) is 10.4. The first-order valence-electron chi connectivity index (χ1n) is 11.7. The van der Waals surface area contributed by atoms with E-state index in [0.29, 0.717) is 17.2 Å². The van der Waals surface area contributed by atoms with Crippen LogP contribution in [0.3, 0.4) is 0 Å². The second-order valence-electron chi connectivity index (χ2n) is 10.4. The number of hydrogen-bond donors (Lipinski definition) is 0. The van der Waals surface area contributed by atoms with Crippen molar-refractivity contribution in [3.63, 3.8) is 0 Å². The summed E-state index contributed by atoms with van der Waals surface area (Å²) in [5, 5.41) is 0. The van der Waals surface area contributed by atoms with Crippen LogP contribution in [0.2, 0.25) is 0 Å². The van der Waals surface area contributed by atoms with Crippen LogP contribution in [0.5, 0.6) is 17.2 Å². The van der Waals surface area contributed by atoms with Gasteiger partial charge >= 0.3 is 12.1 Å². The molecule has 3 aromatic carbocycles. The van der Waals surface area contributed by atoms with E-state index in [4.69, 9.17) is 14.2 Å². The highest BCUT2D eigenvalue weighted by molar-refractivity contribution is 5.70. The summed E-state index contributed by atoms with van der Waals surface area (Å²) < 4.78 is 16.1. The molecule has 0 fully saturated rings. The molecule has 0 spiro atoms. The summed E-state index contributed by atoms with van der Waals surface area (Å²) in [5.41, 5.74) is 4.71. The predicted octanol–water partition coefficient (Wildman–Crippen LogP) is 7.43. The number of carbonyl (C=O) groups is 2. The van der Waals surface area contributed by atoms with Crippen molar-refractivity contribution in [2.75, 3.05) is 0 Å². The molecule has 0 atom stereocenters. The van der Waals surface area contributed by atoms with Gasteiger partial charge in [-0.25, -0.2) is 4.79 Å². The summed E-state index contributed by atoms with van der Waals surface area (Å²) in [6, 6.07) is 19.0. The quantitative estimate of drug-likeness (QED) is 0.219. The molecular weight excluding hydrogens is 440 g/mol. The van der Waals surface area contributed by atoms with Gasteiger partial charge in [-0.05, 0) is 71.3 Å². The number of carbonyl (C=O) groups excluding carboxylic acids is 2. The smallest absolute Gasteiger partial charge is 0.426 e. The monoisotopic (exact) mass is 474 g/mol. The zero-order valence-corrected chi connectivity index (χ0v) is 21.8. The van der Waals surface area contributed by atoms with E-state index in [-0.39, 0.29) is 16.8 Å². The Balaban J connectivity index is 1.73. The summed E-state index contributed by atoms with van der Waals surface area (Å²) in [6.07, 6.45) is -0.777. The topological polar surface area (TPSA) is 61.8 Å². The lowest BCUT2D eigenvalue weighted by Crippen LogP contribution is -2.20. The minimum absolute atomic E-state index is 0.0226. The lowest BCUT2D eigenvalue weighted by atomic mass is 9.77. The highest BCUT2D eigenvalue weighted by Crippen LogP contribution is 2.36. The van der Waals surface area contributed by atoms with Gasteiger partial charge in [-0.2, -0.15) is 0 Å². The average molecular weight is 475 g/mol. The van der Waals surface area contributed by atoms with Crippen molar-refractivity contribution in [1.82, 2.24) is 0 Å². The third-order valence-electron chi connectivity index (χ3n) is 6.16. The van der Waals surface area contributed by atoms with E-state index in [1.165, 1.54) is 6.92 Å². The number of esters is 1. The molecule has 0 saturated carbocycles. The summed E-state index contributed by atoms with van der Waals surface area (Å²) in [6.45, 7) is 15.8. The maximum absolute atomic E-state index is 12.4. The molecule has 5 heteroatoms. The molecule has 0 aliphatic carbocycles. The standard InChI is InChI=1S/C30H34O5/c1-19-17-23(11-15-26(19)33-21(3)31)30(7,8)24-12-16-27(20(2)18-24)35-28(32)34-25-13-9-22(10-14-25)29(4,5)6/h9-18H,1-8H3. The van der Waals surface area contributed by atoms with Gasteiger partial charge in [-0.15, -0.1) is 0 Å². The molecular formula is C30H34O5. The Morgan fingerprint density at radius 2 is 1.09 bits per heavy atom. The first kappa shape index (κ1) is 26.0. The lowest BCUT2D eigenvalue weighted by molar-refractivity contribution is -0.131. The van der Waals surface area contributed by atoms with Gasteiger partial charge in [0, 0.05) is 12.3 Å². The molecule has 0 amide bonds. The van der Waals surface area contributed by atoms with E-state index >= 15 is 0 Å². The molecule has 3 rings (SSSR count). The molecule has 0 unspecified atom stereocenters. The zero-order chi connectivity index (χ0) is 26.0. The fraction of sp³-hybridized carbons (Fsp3) is 0.333. The van der Waals surface area contributed by atoms with Crippen molar-refractivity contribution in [3.05, 3.63) is 88.5 Å². The third kappa shape index (κ3) is 6.30. The number of ether oxygens (including phenoxy) is 3. The Morgan fingerprint density at radius 1 is 0.629 bits per heavy atom. The molecule has 0 aromatic heterocycles. The number of rotatable bonds is 5. The van der Waals surface area contributed by atoms with Gasteiger partial charge in [0.1, 0.15) is 17.2 Å². The molecule has 35 heavy (non-hydrogen) atoms. The lowest BCUT2D eigenvalue weighted by Gasteiger charge is -2.27. The Bertz CT molecular complexity index is 1230. The second kappa shape index (κ2) is 9.95. The highest BCUT2D eigenvalue weighted by atomic mass is 16.7. The molecule has 0 N–H and O–H groups in total. The van der Waals surface area contributed by atoms with E-state index in [1.807, 2.05) is 56.3 Å². The van der Waals surface area contributed by atoms with Crippen LogP contribution in [-0.4, -0.2) is 12.1 Å². The van der Waals surface area contributed by atoms with Crippen molar-refractivity contribution < 1.29 is 23.8 Å². The largest absolute Gasteiger partial charge is 0.519 e. The summed E-state index contributed by atoms with van der Waals surface area (Å²) in [4.78, 5) is 23.7. The van der Waals surface area contributed by atoms with Crippen molar-refractivity contribution in [1.29, 1.82) is 0 Å². The normalized spacial score (nSPS) is 11.7. The van der Waals surface area contributed by atoms with Crippen molar-refractivity contribution in [2.24, 2.45) is 0 Å². The summed E-state index contributed by atoms with van der Waals surface area (Å²) in [5.74, 6) is 1.10.